The Bertz CT molecular complexity index is 2670. The fourth-order valence-corrected chi connectivity index (χ4v) is 10.6. The fourth-order valence-electron chi connectivity index (χ4n) is 10.6. The summed E-state index contributed by atoms with van der Waals surface area (Å²) in [5.41, 5.74) is 8.54. The number of anilines is 1. The lowest BCUT2D eigenvalue weighted by molar-refractivity contribution is -0.136. The van der Waals surface area contributed by atoms with E-state index < -0.39 is 35.6 Å². The number of nitrogens with one attached hydrogen (secondary N) is 5. The van der Waals surface area contributed by atoms with Crippen molar-refractivity contribution in [3.63, 3.8) is 0 Å². The Balaban J connectivity index is 0.828. The van der Waals surface area contributed by atoms with Crippen LogP contribution < -0.4 is 26.8 Å². The Morgan fingerprint density at radius 3 is 2.35 bits per heavy atom. The van der Waals surface area contributed by atoms with Crippen molar-refractivity contribution < 1.29 is 33.5 Å². The first-order valence-electron chi connectivity index (χ1n) is 27.0. The van der Waals surface area contributed by atoms with E-state index in [9.17, 15) is 33.6 Å². The lowest BCUT2D eigenvalue weighted by atomic mass is 9.82. The lowest BCUT2D eigenvalue weighted by Gasteiger charge is -2.35. The van der Waals surface area contributed by atoms with Crippen LogP contribution in [-0.2, 0) is 37.0 Å². The van der Waals surface area contributed by atoms with Crippen molar-refractivity contribution in [1.29, 1.82) is 0 Å². The summed E-state index contributed by atoms with van der Waals surface area (Å²) in [6.07, 6.45) is 5.60. The van der Waals surface area contributed by atoms with E-state index in [1.165, 1.54) is 5.56 Å². The number of aryl methyl sites for hydroxylation is 2. The van der Waals surface area contributed by atoms with Gasteiger partial charge in [0, 0.05) is 114 Å². The number of carbonyl (C=O) groups is 6. The van der Waals surface area contributed by atoms with Gasteiger partial charge in [0.2, 0.25) is 23.6 Å². The molecule has 2 unspecified atom stereocenters. The molecule has 2 saturated heterocycles. The predicted octanol–water partition coefficient (Wildman–Crippen LogP) is 4.58. The highest BCUT2D eigenvalue weighted by Crippen LogP contribution is 2.37. The van der Waals surface area contributed by atoms with Gasteiger partial charge in [-0.15, -0.1) is 0 Å². The van der Waals surface area contributed by atoms with Crippen molar-refractivity contribution in [2.45, 2.75) is 99.2 Å². The van der Waals surface area contributed by atoms with Gasteiger partial charge in [-0.25, -0.2) is 0 Å². The van der Waals surface area contributed by atoms with Gasteiger partial charge in [0.25, 0.3) is 17.4 Å². The average molecular weight is 1030 g/mol. The number of likely N-dealkylation sites (N-methyl/N-ethyl adjacent to an activating group) is 2. The summed E-state index contributed by atoms with van der Waals surface area (Å²) in [4.78, 5) is 104. The van der Waals surface area contributed by atoms with Crippen LogP contribution >= 0.6 is 0 Å². The molecule has 5 N–H and O–H groups in total. The first-order valence-corrected chi connectivity index (χ1v) is 27.0. The molecule has 3 aliphatic heterocycles. The maximum absolute atomic E-state index is 14.0. The van der Waals surface area contributed by atoms with Crippen molar-refractivity contribution in [3.05, 3.63) is 115 Å². The molecule has 75 heavy (non-hydrogen) atoms. The largest absolute Gasteiger partial charge is 0.384 e. The molecule has 0 spiro atoms. The Hall–Kier alpha value is -6.47. The van der Waals surface area contributed by atoms with Crippen molar-refractivity contribution in [3.8, 4) is 0 Å². The van der Waals surface area contributed by atoms with Crippen molar-refractivity contribution >= 4 is 46.7 Å². The van der Waals surface area contributed by atoms with E-state index in [1.54, 1.807) is 18.2 Å². The van der Waals surface area contributed by atoms with Gasteiger partial charge in [0.1, 0.15) is 6.04 Å². The third-order valence-corrected chi connectivity index (χ3v) is 15.0. The molecule has 4 heterocycles. The number of imide groups is 2. The Morgan fingerprint density at radius 1 is 0.867 bits per heavy atom. The van der Waals surface area contributed by atoms with Crippen LogP contribution in [0.2, 0.25) is 0 Å². The smallest absolute Gasteiger partial charge is 0.264 e. The second-order valence-corrected chi connectivity index (χ2v) is 20.1. The van der Waals surface area contributed by atoms with E-state index in [-0.39, 0.29) is 54.4 Å². The average Bonchev–Trinajstić information content (AvgIpc) is 3.67. The van der Waals surface area contributed by atoms with E-state index in [4.69, 9.17) is 4.74 Å². The van der Waals surface area contributed by atoms with Crippen molar-refractivity contribution in [1.82, 2.24) is 45.4 Å². The number of piperidine rings is 1. The Kier molecular flexibility index (Phi) is 20.1. The number of pyridine rings is 1. The predicted molar refractivity (Wildman–Crippen MR) is 290 cm³/mol. The summed E-state index contributed by atoms with van der Waals surface area (Å²) in [7, 11) is 0. The van der Waals surface area contributed by atoms with E-state index in [2.05, 4.69) is 92.1 Å². The van der Waals surface area contributed by atoms with E-state index in [1.807, 2.05) is 31.7 Å². The minimum atomic E-state index is -1.00. The molecule has 2 aromatic carbocycles. The van der Waals surface area contributed by atoms with Gasteiger partial charge in [0.15, 0.2) is 0 Å². The minimum Gasteiger partial charge on any atom is -0.384 e. The molecule has 4 aliphatic rings. The highest BCUT2D eigenvalue weighted by atomic mass is 16.5. The molecule has 7 rings (SSSR count). The molecule has 0 radical (unpaired) electrons. The van der Waals surface area contributed by atoms with Crippen LogP contribution in [0.5, 0.6) is 0 Å². The molecule has 18 nitrogen and oxygen atoms in total. The number of carbonyl (C=O) groups excluding carboxylic acids is 6. The van der Waals surface area contributed by atoms with Gasteiger partial charge in [-0.3, -0.25) is 53.6 Å². The number of rotatable bonds is 26. The number of hydrogen-bond acceptors (Lipinski definition) is 13. The molecule has 2 fully saturated rings. The normalized spacial score (nSPS) is 18.1. The number of aromatic nitrogens is 1. The SMILES string of the molecule is CCOCCCN(CC)C1=C(C)C(C(=O)NCc2c(C)cc(C)[nH]c2=O)CC(c2ccc(CN(CC)CCNCC(=O)N3CCN(CCCCNc4cccc5c4C(=O)N(C4CCC(=O)NC4=O)C5=O)CC3)cc2)=C1. The maximum atomic E-state index is 14.0. The van der Waals surface area contributed by atoms with Gasteiger partial charge >= 0.3 is 0 Å². The first-order chi connectivity index (χ1) is 36.2. The van der Waals surface area contributed by atoms with Gasteiger partial charge in [-0.2, -0.15) is 0 Å². The molecule has 404 valence electrons. The summed E-state index contributed by atoms with van der Waals surface area (Å²) < 4.78 is 5.65. The number of unbranched alkanes of at least 4 members (excludes halogenated alkanes) is 1. The number of ether oxygens (including phenoxy) is 1. The number of aromatic amines is 1. The number of piperazine rings is 1. The highest BCUT2D eigenvalue weighted by molar-refractivity contribution is 6.25. The molecule has 18 heteroatoms. The zero-order chi connectivity index (χ0) is 53.6. The second-order valence-electron chi connectivity index (χ2n) is 20.1. The number of H-pyrrole nitrogens is 1. The van der Waals surface area contributed by atoms with E-state index >= 15 is 0 Å². The Morgan fingerprint density at radius 2 is 1.64 bits per heavy atom. The molecule has 6 amide bonds. The van der Waals surface area contributed by atoms with Crippen LogP contribution in [0.4, 0.5) is 5.69 Å². The number of nitrogens with zero attached hydrogens (tertiary/aromatic N) is 5. The minimum absolute atomic E-state index is 0.0716. The second kappa shape index (κ2) is 26.8. The van der Waals surface area contributed by atoms with Crippen LogP contribution in [0, 0.1) is 19.8 Å². The Labute approximate surface area is 441 Å². The van der Waals surface area contributed by atoms with Crippen LogP contribution in [0.15, 0.2) is 70.7 Å². The molecule has 1 aromatic heterocycles. The summed E-state index contributed by atoms with van der Waals surface area (Å²) in [5, 5.41) is 12.0. The topological polar surface area (TPSA) is 209 Å². The third kappa shape index (κ3) is 14.3. The molecule has 0 bridgehead atoms. The van der Waals surface area contributed by atoms with Gasteiger partial charge < -0.3 is 35.5 Å². The molecule has 2 atom stereocenters. The summed E-state index contributed by atoms with van der Waals surface area (Å²) >= 11 is 0. The standard InChI is InChI=1S/C57H78N10O8/c1-7-63(37-41-16-18-42(19-17-41)43-33-45(40(6)49(34-43)65(8-2)25-13-31-75-9-3)53(70)60-35-46-38(4)32-39(5)61-54(46)71)26-23-58-36-51(69)66-29-27-64(28-30-66)24-11-10-22-59-47-15-12-14-44-52(47)57(74)67(56(44)73)48-20-21-50(68)62-55(48)72/h12,14-19,32,34,45,48,58-59H,7-11,13,20-31,33,35-37H2,1-6H3,(H,60,70)(H,61,71)(H,62,68,72). The van der Waals surface area contributed by atoms with Crippen molar-refractivity contribution in [2.75, 3.05) is 97.1 Å². The molecule has 1 aliphatic carbocycles. The number of allylic oxidation sites excluding steroid dienone is 2. The van der Waals surface area contributed by atoms with Crippen molar-refractivity contribution in [2.24, 2.45) is 5.92 Å². The van der Waals surface area contributed by atoms with Gasteiger partial charge in [-0.1, -0.05) is 37.3 Å². The molecular formula is C57H78N10O8. The number of amides is 6. The van der Waals surface area contributed by atoms with Gasteiger partial charge in [0.05, 0.1) is 23.6 Å². The van der Waals surface area contributed by atoms with Gasteiger partial charge in [-0.05, 0) is 132 Å². The molecule has 0 saturated carbocycles. The van der Waals surface area contributed by atoms with Crippen LogP contribution in [-0.4, -0.2) is 163 Å². The maximum Gasteiger partial charge on any atom is 0.264 e. The first kappa shape index (κ1) is 56.3. The monoisotopic (exact) mass is 1030 g/mol. The number of benzene rings is 2. The fraction of sp³-hybridized carbons (Fsp3) is 0.526. The molecular weight excluding hydrogens is 953 g/mol. The molecule has 3 aromatic rings. The summed E-state index contributed by atoms with van der Waals surface area (Å²) in [5.74, 6) is -2.47. The zero-order valence-electron chi connectivity index (χ0n) is 44.9. The van der Waals surface area contributed by atoms with Crippen LogP contribution in [0.1, 0.15) is 115 Å². The quantitative estimate of drug-likeness (QED) is 0.0552. The lowest BCUT2D eigenvalue weighted by Crippen LogP contribution is -2.54. The van der Waals surface area contributed by atoms with Crippen LogP contribution in [0.3, 0.4) is 0 Å². The van der Waals surface area contributed by atoms with Crippen LogP contribution in [0.25, 0.3) is 5.57 Å². The third-order valence-electron chi connectivity index (χ3n) is 15.0. The zero-order valence-corrected chi connectivity index (χ0v) is 44.9. The van der Waals surface area contributed by atoms with E-state index in [0.717, 1.165) is 110 Å². The summed E-state index contributed by atoms with van der Waals surface area (Å²) in [6.45, 7) is 23.0. The van der Waals surface area contributed by atoms with E-state index in [0.29, 0.717) is 57.1 Å². The number of fused-ring (bicyclic) bond motifs is 1. The number of hydrogen-bond donors (Lipinski definition) is 5. The highest BCUT2D eigenvalue weighted by Gasteiger charge is 2.45. The summed E-state index contributed by atoms with van der Waals surface area (Å²) in [6, 6.07) is 14.7.